The lowest BCUT2D eigenvalue weighted by Crippen LogP contribution is -2.33. The molecule has 1 unspecified atom stereocenters. The van der Waals surface area contributed by atoms with Gasteiger partial charge in [-0.2, -0.15) is 0 Å². The quantitative estimate of drug-likeness (QED) is 0.627. The van der Waals surface area contributed by atoms with Gasteiger partial charge in [0, 0.05) is 13.1 Å². The Morgan fingerprint density at radius 2 is 2.50 bits per heavy atom. The van der Waals surface area contributed by atoms with Crippen molar-refractivity contribution in [1.82, 2.24) is 10.2 Å². The Balaban J connectivity index is 2.21. The number of hydrogen-bond donors (Lipinski definition) is 2. The highest BCUT2D eigenvalue weighted by molar-refractivity contribution is 5.72. The number of nitrogens with one attached hydrogen (secondary N) is 1. The summed E-state index contributed by atoms with van der Waals surface area (Å²) in [5, 5.41) is 3.10. The van der Waals surface area contributed by atoms with Crippen molar-refractivity contribution in [2.45, 2.75) is 12.8 Å². The molecule has 1 rings (SSSR count). The summed E-state index contributed by atoms with van der Waals surface area (Å²) in [7, 11) is 1.95. The smallest absolute Gasteiger partial charge is 0.314 e. The van der Waals surface area contributed by atoms with E-state index in [4.69, 9.17) is 5.73 Å². The molecule has 4 nitrogen and oxygen atoms in total. The number of hydrogen-bond acceptors (Lipinski definition) is 2. The fourth-order valence-electron chi connectivity index (χ4n) is 1.62. The van der Waals surface area contributed by atoms with E-state index in [1.165, 1.54) is 0 Å². The maximum atomic E-state index is 10.8. The maximum Gasteiger partial charge on any atom is 0.314 e. The van der Waals surface area contributed by atoms with Crippen molar-refractivity contribution in [3.8, 4) is 0 Å². The number of carbonyl (C=O) groups is 1. The zero-order valence-corrected chi connectivity index (χ0v) is 7.55. The van der Waals surface area contributed by atoms with Crippen LogP contribution < -0.4 is 11.1 Å². The summed E-state index contributed by atoms with van der Waals surface area (Å²) in [6.45, 7) is 2.71. The average molecular weight is 171 g/mol. The van der Waals surface area contributed by atoms with Gasteiger partial charge in [-0.3, -0.25) is 0 Å². The predicted molar refractivity (Wildman–Crippen MR) is 47.8 cm³/mol. The molecule has 1 saturated heterocycles. The molecule has 1 fully saturated rings. The molecule has 0 radical (unpaired) electrons. The highest BCUT2D eigenvalue weighted by Gasteiger charge is 2.23. The monoisotopic (exact) mass is 171 g/mol. The van der Waals surface area contributed by atoms with E-state index in [1.54, 1.807) is 4.90 Å². The fourth-order valence-corrected chi connectivity index (χ4v) is 1.62. The van der Waals surface area contributed by atoms with Gasteiger partial charge in [0.1, 0.15) is 0 Å². The van der Waals surface area contributed by atoms with Gasteiger partial charge in [-0.15, -0.1) is 0 Å². The lowest BCUT2D eigenvalue weighted by Gasteiger charge is -2.12. The van der Waals surface area contributed by atoms with Crippen LogP contribution >= 0.6 is 0 Å². The molecule has 1 atom stereocenters. The van der Waals surface area contributed by atoms with Crippen LogP contribution in [0.15, 0.2) is 0 Å². The Morgan fingerprint density at radius 3 is 3.00 bits per heavy atom. The normalized spacial score (nSPS) is 23.1. The highest BCUT2D eigenvalue weighted by atomic mass is 16.2. The first-order chi connectivity index (χ1) is 5.74. The maximum absolute atomic E-state index is 10.8. The largest absolute Gasteiger partial charge is 0.351 e. The van der Waals surface area contributed by atoms with E-state index in [1.807, 2.05) is 7.05 Å². The van der Waals surface area contributed by atoms with Gasteiger partial charge in [0.15, 0.2) is 0 Å². The van der Waals surface area contributed by atoms with Crippen molar-refractivity contribution in [2.75, 3.05) is 26.7 Å². The molecule has 0 aromatic rings. The Bertz CT molecular complexity index is 160. The number of nitrogens with zero attached hydrogens (tertiary/aromatic N) is 1. The van der Waals surface area contributed by atoms with Crippen LogP contribution in [0.25, 0.3) is 0 Å². The van der Waals surface area contributed by atoms with Crippen LogP contribution in [0.3, 0.4) is 0 Å². The summed E-state index contributed by atoms with van der Waals surface area (Å²) < 4.78 is 0. The summed E-state index contributed by atoms with van der Waals surface area (Å²) in [5.74, 6) is 0.643. The zero-order chi connectivity index (χ0) is 8.97. The van der Waals surface area contributed by atoms with E-state index in [9.17, 15) is 4.79 Å². The van der Waals surface area contributed by atoms with E-state index < -0.39 is 0 Å². The van der Waals surface area contributed by atoms with Crippen molar-refractivity contribution in [3.63, 3.8) is 0 Å². The number of likely N-dealkylation sites (tertiary alicyclic amines) is 1. The Labute approximate surface area is 73.1 Å². The topological polar surface area (TPSA) is 58.4 Å². The van der Waals surface area contributed by atoms with Crippen molar-refractivity contribution < 1.29 is 4.79 Å². The van der Waals surface area contributed by atoms with Gasteiger partial charge < -0.3 is 16.0 Å². The van der Waals surface area contributed by atoms with Crippen LogP contribution in [-0.4, -0.2) is 37.6 Å². The molecular weight excluding hydrogens is 154 g/mol. The van der Waals surface area contributed by atoms with Crippen molar-refractivity contribution in [2.24, 2.45) is 11.7 Å². The van der Waals surface area contributed by atoms with Crippen molar-refractivity contribution >= 4 is 6.03 Å². The van der Waals surface area contributed by atoms with E-state index >= 15 is 0 Å². The fraction of sp³-hybridized carbons (Fsp3) is 0.875. The summed E-state index contributed by atoms with van der Waals surface area (Å²) in [6.07, 6.45) is 2.24. The van der Waals surface area contributed by atoms with Gasteiger partial charge in [-0.25, -0.2) is 4.79 Å². The second-order valence-corrected chi connectivity index (χ2v) is 3.33. The van der Waals surface area contributed by atoms with Crippen molar-refractivity contribution in [3.05, 3.63) is 0 Å². The minimum atomic E-state index is -0.276. The lowest BCUT2D eigenvalue weighted by molar-refractivity contribution is 0.216. The second kappa shape index (κ2) is 4.30. The van der Waals surface area contributed by atoms with Crippen LogP contribution in [0.1, 0.15) is 12.8 Å². The van der Waals surface area contributed by atoms with Gasteiger partial charge in [0.25, 0.3) is 0 Å². The summed E-state index contributed by atoms with van der Waals surface area (Å²) in [4.78, 5) is 12.5. The molecule has 70 valence electrons. The highest BCUT2D eigenvalue weighted by Crippen LogP contribution is 2.18. The van der Waals surface area contributed by atoms with Crippen LogP contribution in [0.4, 0.5) is 4.79 Å². The van der Waals surface area contributed by atoms with E-state index in [0.29, 0.717) is 5.92 Å². The molecule has 2 amide bonds. The Kier molecular flexibility index (Phi) is 3.34. The molecule has 0 aromatic carbocycles. The molecule has 1 heterocycles. The number of urea groups is 1. The SMILES string of the molecule is CNCCC1CCN(C(N)=O)C1. The standard InChI is InChI=1S/C8H17N3O/c1-10-4-2-7-3-5-11(6-7)8(9)12/h7,10H,2-6H2,1H3,(H2,9,12). The number of nitrogens with two attached hydrogens (primary N) is 1. The molecular formula is C8H17N3O. The van der Waals surface area contributed by atoms with E-state index in [-0.39, 0.29) is 6.03 Å². The third kappa shape index (κ3) is 2.37. The average Bonchev–Trinajstić information content (AvgIpc) is 2.48. The molecule has 1 aliphatic heterocycles. The zero-order valence-electron chi connectivity index (χ0n) is 7.55. The first-order valence-electron chi connectivity index (χ1n) is 4.43. The Hall–Kier alpha value is -0.770. The number of amides is 2. The third-order valence-electron chi connectivity index (χ3n) is 2.40. The first kappa shape index (κ1) is 9.32. The minimum absolute atomic E-state index is 0.276. The van der Waals surface area contributed by atoms with Crippen LogP contribution in [0.5, 0.6) is 0 Å². The molecule has 0 aromatic heterocycles. The number of primary amides is 1. The van der Waals surface area contributed by atoms with Gasteiger partial charge >= 0.3 is 6.03 Å². The van der Waals surface area contributed by atoms with E-state index in [0.717, 1.165) is 32.5 Å². The molecule has 0 spiro atoms. The summed E-state index contributed by atoms with van der Waals surface area (Å²) in [5.41, 5.74) is 5.16. The van der Waals surface area contributed by atoms with Gasteiger partial charge in [0.05, 0.1) is 0 Å². The molecule has 1 aliphatic rings. The number of rotatable bonds is 3. The summed E-state index contributed by atoms with van der Waals surface area (Å²) >= 11 is 0. The van der Waals surface area contributed by atoms with Gasteiger partial charge in [-0.1, -0.05) is 0 Å². The molecule has 0 aliphatic carbocycles. The molecule has 0 saturated carbocycles. The second-order valence-electron chi connectivity index (χ2n) is 3.33. The Morgan fingerprint density at radius 1 is 1.75 bits per heavy atom. The first-order valence-corrected chi connectivity index (χ1v) is 4.43. The third-order valence-corrected chi connectivity index (χ3v) is 2.40. The molecule has 4 heteroatoms. The molecule has 0 bridgehead atoms. The van der Waals surface area contributed by atoms with Gasteiger partial charge in [-0.05, 0) is 32.4 Å². The van der Waals surface area contributed by atoms with Crippen LogP contribution in [-0.2, 0) is 0 Å². The molecule has 3 N–H and O–H groups in total. The van der Waals surface area contributed by atoms with Crippen molar-refractivity contribution in [1.29, 1.82) is 0 Å². The van der Waals surface area contributed by atoms with Crippen LogP contribution in [0, 0.1) is 5.92 Å². The summed E-state index contributed by atoms with van der Waals surface area (Å²) in [6, 6.07) is -0.276. The van der Waals surface area contributed by atoms with Gasteiger partial charge in [0.2, 0.25) is 0 Å². The van der Waals surface area contributed by atoms with Crippen LogP contribution in [0.2, 0.25) is 0 Å². The molecule has 12 heavy (non-hydrogen) atoms. The minimum Gasteiger partial charge on any atom is -0.351 e. The lowest BCUT2D eigenvalue weighted by atomic mass is 10.1. The van der Waals surface area contributed by atoms with E-state index in [2.05, 4.69) is 5.32 Å². The number of carbonyl (C=O) groups excluding carboxylic acids is 1. The predicted octanol–water partition coefficient (Wildman–Crippen LogP) is -0.00350.